The molecule has 7 atom stereocenters. The van der Waals surface area contributed by atoms with Gasteiger partial charge in [-0.1, -0.05) is 69.9 Å². The highest BCUT2D eigenvalue weighted by atomic mass is 31.3. The van der Waals surface area contributed by atoms with E-state index < -0.39 is 83.3 Å². The summed E-state index contributed by atoms with van der Waals surface area (Å²) in [6.45, 7) is 17.8. The van der Waals surface area contributed by atoms with Gasteiger partial charge in [0.2, 0.25) is 5.91 Å². The minimum Gasteiger partial charge on any atom is -0.463 e. The fourth-order valence-corrected chi connectivity index (χ4v) is 8.33. The van der Waals surface area contributed by atoms with Gasteiger partial charge in [-0.25, -0.2) is 9.13 Å². The van der Waals surface area contributed by atoms with E-state index in [9.17, 15) is 38.1 Å². The largest absolute Gasteiger partial charge is 0.483 e. The van der Waals surface area contributed by atoms with Crippen molar-refractivity contribution in [2.24, 2.45) is 0 Å². The summed E-state index contributed by atoms with van der Waals surface area (Å²) in [6, 6.07) is -1.64. The van der Waals surface area contributed by atoms with E-state index in [1.807, 2.05) is 0 Å². The van der Waals surface area contributed by atoms with Gasteiger partial charge in [-0.15, -0.1) is 0 Å². The van der Waals surface area contributed by atoms with Crippen LogP contribution in [0.2, 0.25) is 0 Å². The molecule has 1 fully saturated rings. The van der Waals surface area contributed by atoms with Crippen LogP contribution in [-0.2, 0) is 60.6 Å². The van der Waals surface area contributed by atoms with Gasteiger partial charge >= 0.3 is 33.6 Å². The Morgan fingerprint density at radius 3 is 1.40 bits per heavy atom. The van der Waals surface area contributed by atoms with Crippen LogP contribution in [0.25, 0.3) is 0 Å². The second-order valence-electron chi connectivity index (χ2n) is 15.9. The molecular weight excluding hydrogens is 844 g/mol. The van der Waals surface area contributed by atoms with Crippen molar-refractivity contribution in [2.45, 2.75) is 171 Å². The molecule has 0 aromatic rings. The van der Waals surface area contributed by atoms with Gasteiger partial charge < -0.3 is 34.1 Å². The van der Waals surface area contributed by atoms with Crippen molar-refractivity contribution in [3.8, 4) is 0 Å². The first-order chi connectivity index (χ1) is 28.9. The average molecular weight is 916 g/mol. The van der Waals surface area contributed by atoms with Crippen molar-refractivity contribution in [3.63, 3.8) is 0 Å². The quantitative estimate of drug-likeness (QED) is 0.0302. The molecule has 1 rings (SSSR count). The summed E-state index contributed by atoms with van der Waals surface area (Å²) in [5.41, 5.74) is 7.68. The number of phosphoric ester groups is 2. The Morgan fingerprint density at radius 2 is 1.00 bits per heavy atom. The Hall–Kier alpha value is -3.46. The Bertz CT molecular complexity index is 1780. The SMILES string of the molecule is CC(=O)NC1[C@@H](OP(=O)(O)OP(=O)(O)OC/C=C(/C)CC/C=C(/C)CC/C=C(/C)CC/C=C(/C)CC/C=C(\C)CCC=C(C)C)OC(COC(C)=O)[C@@H](OC(C)=O)[C@@H]1OC(C)=O. The molecule has 0 aliphatic carbocycles. The maximum absolute atomic E-state index is 13.1. The van der Waals surface area contributed by atoms with E-state index in [2.05, 4.69) is 81.5 Å². The monoisotopic (exact) mass is 915 g/mol. The van der Waals surface area contributed by atoms with Gasteiger partial charge in [0.25, 0.3) is 0 Å². The molecule has 0 aromatic heterocycles. The zero-order valence-electron chi connectivity index (χ0n) is 38.4. The van der Waals surface area contributed by atoms with Crippen molar-refractivity contribution in [1.29, 1.82) is 0 Å². The van der Waals surface area contributed by atoms with Crippen LogP contribution in [0.1, 0.15) is 140 Å². The van der Waals surface area contributed by atoms with Crippen LogP contribution in [0.3, 0.4) is 0 Å². The fourth-order valence-electron chi connectivity index (χ4n) is 6.24. The van der Waals surface area contributed by atoms with Crippen molar-refractivity contribution < 1.29 is 70.4 Å². The number of hydrogen-bond acceptors (Lipinski definition) is 13. The summed E-state index contributed by atoms with van der Waals surface area (Å²) >= 11 is 0. The molecule has 62 heavy (non-hydrogen) atoms. The van der Waals surface area contributed by atoms with Crippen LogP contribution in [0.4, 0.5) is 0 Å². The van der Waals surface area contributed by atoms with Crippen molar-refractivity contribution in [3.05, 3.63) is 69.9 Å². The molecule has 1 heterocycles. The Morgan fingerprint density at radius 1 is 0.581 bits per heavy atom. The topological polar surface area (TPSA) is 220 Å². The fraction of sp³-hybridized carbons (Fsp3) is 0.636. The number of nitrogens with one attached hydrogen (secondary N) is 1. The number of allylic oxidation sites excluding steroid dienone is 11. The molecular formula is C44H71NO15P2. The lowest BCUT2D eigenvalue weighted by Crippen LogP contribution is -2.66. The number of esters is 3. The second kappa shape index (κ2) is 29.1. The number of carbonyl (C=O) groups is 4. The van der Waals surface area contributed by atoms with Crippen LogP contribution in [0.5, 0.6) is 0 Å². The third-order valence-corrected chi connectivity index (χ3v) is 12.0. The van der Waals surface area contributed by atoms with E-state index in [1.165, 1.54) is 33.9 Å². The predicted octanol–water partition coefficient (Wildman–Crippen LogP) is 9.49. The van der Waals surface area contributed by atoms with Crippen LogP contribution < -0.4 is 5.32 Å². The van der Waals surface area contributed by atoms with Gasteiger partial charge in [0, 0.05) is 27.7 Å². The molecule has 0 saturated carbocycles. The van der Waals surface area contributed by atoms with Crippen molar-refractivity contribution >= 4 is 39.5 Å². The van der Waals surface area contributed by atoms with Crippen LogP contribution >= 0.6 is 15.6 Å². The standard InChI is InChI=1S/C44H71NO15P2/c1-30(2)17-12-18-31(3)19-13-20-32(4)21-14-22-33(5)23-15-24-34(6)25-16-26-35(7)27-28-55-61(50,51)60-62(52,53)59-44-41(45-36(8)46)43(57-39(11)49)42(56-38(10)48)40(58-44)29-54-37(9)47/h17,19,21,23,25,27,40-44H,12-16,18,20,22,24,26,28-29H2,1-11H3,(H,45,46)(H,50,51)(H,52,53)/b31-19+,32-21-,33-23-,34-25-,35-27-/t40?,41?,42-,43-,44-/m1/s1. The minimum atomic E-state index is -5.57. The molecule has 0 aromatic carbocycles. The molecule has 0 spiro atoms. The van der Waals surface area contributed by atoms with Crippen molar-refractivity contribution in [1.82, 2.24) is 5.32 Å². The second-order valence-corrected chi connectivity index (χ2v) is 18.9. The van der Waals surface area contributed by atoms with Gasteiger partial charge in [0.15, 0.2) is 18.5 Å². The Balaban J connectivity index is 2.72. The maximum atomic E-state index is 13.1. The first-order valence-corrected chi connectivity index (χ1v) is 23.9. The van der Waals surface area contributed by atoms with E-state index in [1.54, 1.807) is 6.92 Å². The Kier molecular flexibility index (Phi) is 26.5. The lowest BCUT2D eigenvalue weighted by molar-refractivity contribution is -0.259. The lowest BCUT2D eigenvalue weighted by atomic mass is 9.96. The number of amides is 1. The molecule has 352 valence electrons. The minimum absolute atomic E-state index is 0.452. The highest BCUT2D eigenvalue weighted by Gasteiger charge is 2.54. The van der Waals surface area contributed by atoms with E-state index in [0.29, 0.717) is 6.42 Å². The number of hydrogen-bond donors (Lipinski definition) is 3. The number of ether oxygens (including phenoxy) is 4. The first-order valence-electron chi connectivity index (χ1n) is 20.9. The summed E-state index contributed by atoms with van der Waals surface area (Å²) in [5.74, 6) is -3.32. The Labute approximate surface area is 368 Å². The molecule has 0 radical (unpaired) electrons. The van der Waals surface area contributed by atoms with Crippen molar-refractivity contribution in [2.75, 3.05) is 13.2 Å². The summed E-state index contributed by atoms with van der Waals surface area (Å²) in [7, 11) is -10.8. The predicted molar refractivity (Wildman–Crippen MR) is 236 cm³/mol. The molecule has 16 nitrogen and oxygen atoms in total. The summed E-state index contributed by atoms with van der Waals surface area (Å²) in [4.78, 5) is 68.5. The lowest BCUT2D eigenvalue weighted by Gasteiger charge is -2.44. The smallest absolute Gasteiger partial charge is 0.463 e. The zero-order chi connectivity index (χ0) is 47.0. The highest BCUT2D eigenvalue weighted by molar-refractivity contribution is 7.61. The van der Waals surface area contributed by atoms with E-state index in [-0.39, 0.29) is 0 Å². The van der Waals surface area contributed by atoms with Gasteiger partial charge in [-0.3, -0.25) is 28.2 Å². The summed E-state index contributed by atoms with van der Waals surface area (Å²) in [6.07, 6.45) is 16.0. The van der Waals surface area contributed by atoms with Crippen LogP contribution in [0, 0.1) is 0 Å². The molecule has 3 N–H and O–H groups in total. The van der Waals surface area contributed by atoms with Gasteiger partial charge in [0.05, 0.1) is 6.61 Å². The van der Waals surface area contributed by atoms with E-state index >= 15 is 0 Å². The molecule has 1 aliphatic heterocycles. The van der Waals surface area contributed by atoms with E-state index in [0.717, 1.165) is 91.1 Å². The molecule has 1 amide bonds. The first kappa shape index (κ1) is 56.6. The molecule has 1 aliphatic rings. The van der Waals surface area contributed by atoms with Gasteiger partial charge in [0.1, 0.15) is 18.8 Å². The molecule has 1 saturated heterocycles. The normalized spacial score (nSPS) is 22.2. The van der Waals surface area contributed by atoms with Gasteiger partial charge in [-0.2, -0.15) is 4.31 Å². The number of carbonyl (C=O) groups excluding carboxylic acids is 4. The average Bonchev–Trinajstić information content (AvgIpc) is 3.12. The number of rotatable bonds is 27. The summed E-state index contributed by atoms with van der Waals surface area (Å²) in [5, 5.41) is 2.33. The van der Waals surface area contributed by atoms with Crippen LogP contribution in [-0.4, -0.2) is 77.5 Å². The number of phosphoric acid groups is 2. The summed E-state index contributed by atoms with van der Waals surface area (Å²) < 4.78 is 61.4. The zero-order valence-corrected chi connectivity index (χ0v) is 40.2. The third kappa shape index (κ3) is 26.2. The van der Waals surface area contributed by atoms with Crippen LogP contribution in [0.15, 0.2) is 69.9 Å². The molecule has 0 bridgehead atoms. The third-order valence-electron chi connectivity index (χ3n) is 9.40. The molecule has 18 heteroatoms. The maximum Gasteiger partial charge on any atom is 0.483 e. The van der Waals surface area contributed by atoms with E-state index in [4.69, 9.17) is 28.0 Å². The highest BCUT2D eigenvalue weighted by Crippen LogP contribution is 2.61. The molecule has 4 unspecified atom stereocenters. The van der Waals surface area contributed by atoms with Gasteiger partial charge in [-0.05, 0) is 113 Å².